The molecular formula is C19H28ClN3O3. The predicted octanol–water partition coefficient (Wildman–Crippen LogP) is 2.31. The highest BCUT2D eigenvalue weighted by atomic mass is 35.5. The van der Waals surface area contributed by atoms with Gasteiger partial charge < -0.3 is 20.7 Å². The average Bonchev–Trinajstić information content (AvgIpc) is 3.46. The summed E-state index contributed by atoms with van der Waals surface area (Å²) < 4.78 is 5.36. The number of hydrogen-bond donors (Lipinski definition) is 2. The lowest BCUT2D eigenvalue weighted by Crippen LogP contribution is -2.46. The van der Waals surface area contributed by atoms with Crippen LogP contribution in [0.1, 0.15) is 38.2 Å². The van der Waals surface area contributed by atoms with Gasteiger partial charge in [-0.3, -0.25) is 9.59 Å². The molecule has 2 fully saturated rings. The lowest BCUT2D eigenvalue weighted by molar-refractivity contribution is -0.130. The number of ether oxygens (including phenoxy) is 1. The molecule has 144 valence electrons. The van der Waals surface area contributed by atoms with Crippen LogP contribution in [0.15, 0.2) is 24.3 Å². The van der Waals surface area contributed by atoms with E-state index in [4.69, 9.17) is 10.5 Å². The predicted molar refractivity (Wildman–Crippen MR) is 103 cm³/mol. The lowest BCUT2D eigenvalue weighted by Gasteiger charge is -2.34. The molecule has 1 aromatic rings. The summed E-state index contributed by atoms with van der Waals surface area (Å²) in [5.41, 5.74) is 7.17. The van der Waals surface area contributed by atoms with Gasteiger partial charge in [-0.15, -0.1) is 12.4 Å². The highest BCUT2D eigenvalue weighted by Crippen LogP contribution is 2.31. The number of nitrogens with two attached hydrogens (primary N) is 1. The van der Waals surface area contributed by atoms with E-state index >= 15 is 0 Å². The van der Waals surface area contributed by atoms with E-state index in [9.17, 15) is 9.59 Å². The Kier molecular flexibility index (Phi) is 7.03. The fraction of sp³-hybridized carbons (Fsp3) is 0.579. The largest absolute Gasteiger partial charge is 0.381 e. The molecule has 1 saturated carbocycles. The maximum atomic E-state index is 12.7. The summed E-state index contributed by atoms with van der Waals surface area (Å²) in [4.78, 5) is 26.3. The van der Waals surface area contributed by atoms with Gasteiger partial charge in [-0.25, -0.2) is 0 Å². The highest BCUT2D eigenvalue weighted by Gasteiger charge is 2.38. The summed E-state index contributed by atoms with van der Waals surface area (Å²) in [5.74, 6) is 0.0821. The molecule has 1 aromatic carbocycles. The number of carbonyl (C=O) groups is 2. The van der Waals surface area contributed by atoms with Crippen LogP contribution in [-0.4, -0.2) is 42.5 Å². The van der Waals surface area contributed by atoms with E-state index in [-0.39, 0.29) is 24.2 Å². The fourth-order valence-corrected chi connectivity index (χ4v) is 3.32. The first-order valence-corrected chi connectivity index (χ1v) is 8.99. The molecule has 0 unspecified atom stereocenters. The maximum Gasteiger partial charge on any atom is 0.232 e. The summed E-state index contributed by atoms with van der Waals surface area (Å²) >= 11 is 0. The van der Waals surface area contributed by atoms with E-state index in [1.807, 2.05) is 29.2 Å². The van der Waals surface area contributed by atoms with Crippen LogP contribution in [0, 0.1) is 5.41 Å². The molecule has 0 aromatic heterocycles. The van der Waals surface area contributed by atoms with Crippen molar-refractivity contribution in [2.75, 3.05) is 25.1 Å². The Morgan fingerprint density at radius 3 is 2.35 bits per heavy atom. The Balaban J connectivity index is 0.00000243. The zero-order chi connectivity index (χ0) is 17.9. The highest BCUT2D eigenvalue weighted by molar-refractivity contribution is 5.95. The number of amides is 2. The second kappa shape index (κ2) is 8.84. The minimum absolute atomic E-state index is 0. The summed E-state index contributed by atoms with van der Waals surface area (Å²) in [5, 5.41) is 2.99. The van der Waals surface area contributed by atoms with Crippen molar-refractivity contribution in [3.63, 3.8) is 0 Å². The molecule has 1 saturated heterocycles. The van der Waals surface area contributed by atoms with Gasteiger partial charge in [0.2, 0.25) is 11.8 Å². The smallest absolute Gasteiger partial charge is 0.232 e. The number of benzene rings is 1. The van der Waals surface area contributed by atoms with Gasteiger partial charge in [0, 0.05) is 45.0 Å². The molecule has 0 radical (unpaired) electrons. The van der Waals surface area contributed by atoms with Crippen molar-refractivity contribution in [1.82, 2.24) is 4.90 Å². The Bertz CT molecular complexity index is 625. The normalized spacial score (nSPS) is 18.5. The molecule has 0 spiro atoms. The van der Waals surface area contributed by atoms with E-state index in [0.717, 1.165) is 24.1 Å². The molecular weight excluding hydrogens is 354 g/mol. The van der Waals surface area contributed by atoms with E-state index in [1.165, 1.54) is 0 Å². The van der Waals surface area contributed by atoms with Crippen molar-refractivity contribution >= 4 is 29.9 Å². The Morgan fingerprint density at radius 2 is 1.85 bits per heavy atom. The van der Waals surface area contributed by atoms with E-state index in [2.05, 4.69) is 5.32 Å². The van der Waals surface area contributed by atoms with Crippen LogP contribution in [0.4, 0.5) is 5.69 Å². The third-order valence-electron chi connectivity index (χ3n) is 5.28. The van der Waals surface area contributed by atoms with Crippen LogP contribution in [0.25, 0.3) is 0 Å². The average molecular weight is 382 g/mol. The zero-order valence-electron chi connectivity index (χ0n) is 15.2. The fourth-order valence-electron chi connectivity index (χ4n) is 3.32. The van der Waals surface area contributed by atoms with Crippen LogP contribution in [0.5, 0.6) is 0 Å². The molecule has 2 aliphatic rings. The first kappa shape index (κ1) is 20.7. The number of anilines is 1. The molecule has 0 bridgehead atoms. The van der Waals surface area contributed by atoms with Gasteiger partial charge in [0.15, 0.2) is 0 Å². The monoisotopic (exact) mass is 381 g/mol. The Labute approximate surface area is 160 Å². The summed E-state index contributed by atoms with van der Waals surface area (Å²) in [6.07, 6.45) is 3.50. The molecule has 3 rings (SSSR count). The number of rotatable bonds is 6. The second-order valence-electron chi connectivity index (χ2n) is 7.13. The van der Waals surface area contributed by atoms with Crippen molar-refractivity contribution in [3.05, 3.63) is 29.8 Å². The topological polar surface area (TPSA) is 84.7 Å². The van der Waals surface area contributed by atoms with Crippen LogP contribution >= 0.6 is 12.4 Å². The van der Waals surface area contributed by atoms with Gasteiger partial charge in [-0.05, 0) is 43.4 Å². The van der Waals surface area contributed by atoms with Gasteiger partial charge >= 0.3 is 0 Å². The minimum atomic E-state index is -0.533. The second-order valence-corrected chi connectivity index (χ2v) is 7.13. The zero-order valence-corrected chi connectivity index (χ0v) is 16.0. The molecule has 7 heteroatoms. The minimum Gasteiger partial charge on any atom is -0.381 e. The van der Waals surface area contributed by atoms with E-state index in [0.29, 0.717) is 45.2 Å². The molecule has 6 nitrogen and oxygen atoms in total. The summed E-state index contributed by atoms with van der Waals surface area (Å²) in [7, 11) is 0. The van der Waals surface area contributed by atoms with Crippen LogP contribution in [0.3, 0.4) is 0 Å². The number of hydrogen-bond acceptors (Lipinski definition) is 4. The molecule has 26 heavy (non-hydrogen) atoms. The first-order valence-electron chi connectivity index (χ1n) is 8.99. The molecule has 2 amide bonds. The Morgan fingerprint density at radius 1 is 1.23 bits per heavy atom. The van der Waals surface area contributed by atoms with Crippen molar-refractivity contribution in [2.24, 2.45) is 11.1 Å². The number of nitrogens with zero attached hydrogens (tertiary/aromatic N) is 1. The Hall–Kier alpha value is -1.63. The molecule has 3 N–H and O–H groups in total. The van der Waals surface area contributed by atoms with Crippen LogP contribution in [-0.2, 0) is 20.9 Å². The van der Waals surface area contributed by atoms with Crippen molar-refractivity contribution in [3.8, 4) is 0 Å². The van der Waals surface area contributed by atoms with E-state index < -0.39 is 5.41 Å². The number of carbonyl (C=O) groups excluding carboxylic acids is 2. The van der Waals surface area contributed by atoms with Crippen molar-refractivity contribution < 1.29 is 14.3 Å². The van der Waals surface area contributed by atoms with Crippen LogP contribution in [0.2, 0.25) is 0 Å². The molecule has 1 aliphatic carbocycles. The quantitative estimate of drug-likeness (QED) is 0.791. The third-order valence-corrected chi connectivity index (χ3v) is 5.28. The van der Waals surface area contributed by atoms with Gasteiger partial charge in [0.1, 0.15) is 0 Å². The SMILES string of the molecule is CC(=O)N(Cc1ccc(NC(=O)C2(CN)CCOCC2)cc1)C1CC1.Cl. The van der Waals surface area contributed by atoms with Gasteiger partial charge in [-0.2, -0.15) is 0 Å². The first-order chi connectivity index (χ1) is 12.0. The summed E-state index contributed by atoms with van der Waals surface area (Å²) in [6, 6.07) is 8.11. The molecule has 1 aliphatic heterocycles. The van der Waals surface area contributed by atoms with Gasteiger partial charge in [0.05, 0.1) is 5.41 Å². The lowest BCUT2D eigenvalue weighted by atomic mass is 9.79. The van der Waals surface area contributed by atoms with Crippen molar-refractivity contribution in [2.45, 2.75) is 45.2 Å². The van der Waals surface area contributed by atoms with Gasteiger partial charge in [0.25, 0.3) is 0 Å². The van der Waals surface area contributed by atoms with E-state index in [1.54, 1.807) is 6.92 Å². The number of nitrogens with one attached hydrogen (secondary N) is 1. The van der Waals surface area contributed by atoms with Crippen LogP contribution < -0.4 is 11.1 Å². The number of halogens is 1. The summed E-state index contributed by atoms with van der Waals surface area (Å²) in [6.45, 7) is 3.72. The molecule has 1 heterocycles. The van der Waals surface area contributed by atoms with Gasteiger partial charge in [-0.1, -0.05) is 12.1 Å². The maximum absolute atomic E-state index is 12.7. The standard InChI is InChI=1S/C19H27N3O3.ClH/c1-14(23)22(17-6-7-17)12-15-2-4-16(5-3-15)21-18(24)19(13-20)8-10-25-11-9-19;/h2-5,17H,6-13,20H2,1H3,(H,21,24);1H. The molecule has 0 atom stereocenters. The van der Waals surface area contributed by atoms with Crippen molar-refractivity contribution in [1.29, 1.82) is 0 Å². The third kappa shape index (κ3) is 4.75.